The van der Waals surface area contributed by atoms with Crippen molar-refractivity contribution in [1.29, 1.82) is 0 Å². The van der Waals surface area contributed by atoms with Crippen molar-refractivity contribution in [2.24, 2.45) is 0 Å². The van der Waals surface area contributed by atoms with E-state index in [1.807, 2.05) is 6.92 Å². The van der Waals surface area contributed by atoms with Crippen LogP contribution in [0.3, 0.4) is 0 Å². The fraction of sp³-hybridized carbons (Fsp3) is 0.150. The highest BCUT2D eigenvalue weighted by Crippen LogP contribution is 2.15. The number of carbonyl (C=O) groups is 1. The summed E-state index contributed by atoms with van der Waals surface area (Å²) in [6.45, 7) is 1.81. The normalized spacial score (nSPS) is 10.6. The van der Waals surface area contributed by atoms with Crippen molar-refractivity contribution in [3.63, 3.8) is 0 Å². The van der Waals surface area contributed by atoms with Crippen molar-refractivity contribution in [2.45, 2.75) is 13.5 Å². The summed E-state index contributed by atoms with van der Waals surface area (Å²) in [4.78, 5) is 36.8. The van der Waals surface area contributed by atoms with Gasteiger partial charge in [0.15, 0.2) is 0 Å². The average Bonchev–Trinajstić information content (AvgIpc) is 2.69. The van der Waals surface area contributed by atoms with Crippen LogP contribution in [0.5, 0.6) is 5.75 Å². The molecule has 0 fully saturated rings. The Hall–Kier alpha value is -3.75. The van der Waals surface area contributed by atoms with Crippen LogP contribution in [0.25, 0.3) is 5.69 Å². The smallest absolute Gasteiger partial charge is 0.320 e. The molecule has 2 aromatic carbocycles. The fourth-order valence-corrected chi connectivity index (χ4v) is 2.64. The highest BCUT2D eigenvalue weighted by Gasteiger charge is 2.12. The first kappa shape index (κ1) is 20.0. The maximum absolute atomic E-state index is 13.6. The van der Waals surface area contributed by atoms with Gasteiger partial charge in [-0.1, -0.05) is 0 Å². The second-order valence-electron chi connectivity index (χ2n) is 6.01. The molecule has 0 aliphatic rings. The predicted molar refractivity (Wildman–Crippen MR) is 102 cm³/mol. The Morgan fingerprint density at radius 1 is 1.03 bits per heavy atom. The van der Waals surface area contributed by atoms with Gasteiger partial charge in [-0.05, 0) is 43.3 Å². The van der Waals surface area contributed by atoms with Crippen molar-refractivity contribution in [3.8, 4) is 11.4 Å². The molecule has 29 heavy (non-hydrogen) atoms. The number of carbonyl (C=O) groups excluding carboxylic acids is 1. The van der Waals surface area contributed by atoms with E-state index in [4.69, 9.17) is 4.74 Å². The van der Waals surface area contributed by atoms with Crippen molar-refractivity contribution >= 4 is 11.6 Å². The number of halogens is 2. The molecule has 3 rings (SSSR count). The molecule has 7 nitrogen and oxygen atoms in total. The number of aromatic nitrogens is 2. The molecule has 150 valence electrons. The van der Waals surface area contributed by atoms with Crippen LogP contribution in [0.4, 0.5) is 14.5 Å². The van der Waals surface area contributed by atoms with E-state index < -0.39 is 35.2 Å². The first-order valence-electron chi connectivity index (χ1n) is 8.69. The molecule has 0 bridgehead atoms. The zero-order chi connectivity index (χ0) is 21.0. The van der Waals surface area contributed by atoms with Gasteiger partial charge in [-0.15, -0.1) is 0 Å². The minimum absolute atomic E-state index is 0.356. The van der Waals surface area contributed by atoms with Gasteiger partial charge in [-0.25, -0.2) is 8.78 Å². The molecule has 1 aromatic heterocycles. The summed E-state index contributed by atoms with van der Waals surface area (Å²) in [5.74, 6) is -1.71. The zero-order valence-corrected chi connectivity index (χ0v) is 15.4. The van der Waals surface area contributed by atoms with E-state index in [2.05, 4.69) is 5.32 Å². The van der Waals surface area contributed by atoms with E-state index >= 15 is 0 Å². The van der Waals surface area contributed by atoms with E-state index in [-0.39, 0.29) is 5.69 Å². The molecule has 9 heteroatoms. The Kier molecular flexibility index (Phi) is 5.87. The number of nitrogens with one attached hydrogen (secondary N) is 1. The zero-order valence-electron chi connectivity index (χ0n) is 15.4. The maximum atomic E-state index is 13.6. The molecule has 0 aliphatic carbocycles. The largest absolute Gasteiger partial charge is 0.494 e. The Morgan fingerprint density at radius 2 is 1.76 bits per heavy atom. The first-order valence-corrected chi connectivity index (χ1v) is 8.69. The Balaban J connectivity index is 1.80. The van der Waals surface area contributed by atoms with Crippen molar-refractivity contribution in [1.82, 2.24) is 9.13 Å². The van der Waals surface area contributed by atoms with Gasteiger partial charge in [0.25, 0.3) is 0 Å². The standard InChI is InChI=1S/C20H17F2N3O4/c1-2-29-15-6-4-14(5-7-15)25-10-9-24(19(27)20(25)28)12-18(26)23-17-11-13(21)3-8-16(17)22/h3-11H,2,12H2,1H3,(H,23,26). The number of hydrogen-bond acceptors (Lipinski definition) is 4. The first-order chi connectivity index (χ1) is 13.9. The van der Waals surface area contributed by atoms with Crippen LogP contribution in [-0.2, 0) is 11.3 Å². The summed E-state index contributed by atoms with van der Waals surface area (Å²) >= 11 is 0. The Morgan fingerprint density at radius 3 is 2.45 bits per heavy atom. The number of amides is 1. The maximum Gasteiger partial charge on any atom is 0.320 e. The number of ether oxygens (including phenoxy) is 1. The summed E-state index contributed by atoms with van der Waals surface area (Å²) in [6.07, 6.45) is 2.61. The molecule has 0 saturated heterocycles. The van der Waals surface area contributed by atoms with Crippen molar-refractivity contribution < 1.29 is 18.3 Å². The van der Waals surface area contributed by atoms with Crippen molar-refractivity contribution in [3.05, 3.63) is 87.2 Å². The number of hydrogen-bond donors (Lipinski definition) is 1. The molecule has 1 N–H and O–H groups in total. The molecule has 0 aliphatic heterocycles. The second kappa shape index (κ2) is 8.51. The van der Waals surface area contributed by atoms with E-state index in [1.165, 1.54) is 12.4 Å². The highest BCUT2D eigenvalue weighted by atomic mass is 19.1. The quantitative estimate of drug-likeness (QED) is 0.643. The van der Waals surface area contributed by atoms with Gasteiger partial charge < -0.3 is 10.1 Å². The third-order valence-electron chi connectivity index (χ3n) is 4.00. The molecule has 0 spiro atoms. The van der Waals surface area contributed by atoms with E-state index in [0.717, 1.165) is 27.3 Å². The lowest BCUT2D eigenvalue weighted by molar-refractivity contribution is -0.116. The van der Waals surface area contributed by atoms with Gasteiger partial charge in [0, 0.05) is 24.1 Å². The van der Waals surface area contributed by atoms with Crippen molar-refractivity contribution in [2.75, 3.05) is 11.9 Å². The molecule has 1 heterocycles. The lowest BCUT2D eigenvalue weighted by Gasteiger charge is -2.11. The molecule has 0 unspecified atom stereocenters. The number of anilines is 1. The van der Waals surface area contributed by atoms with E-state index in [9.17, 15) is 23.2 Å². The Bertz CT molecular complexity index is 1150. The number of nitrogens with zero attached hydrogens (tertiary/aromatic N) is 2. The van der Waals surface area contributed by atoms with Gasteiger partial charge in [0.2, 0.25) is 5.91 Å². The second-order valence-corrected chi connectivity index (χ2v) is 6.01. The molecule has 0 saturated carbocycles. The lowest BCUT2D eigenvalue weighted by atomic mass is 10.3. The molecular formula is C20H17F2N3O4. The van der Waals surface area contributed by atoms with Crippen LogP contribution < -0.4 is 21.2 Å². The Labute approximate surface area is 163 Å². The molecule has 1 amide bonds. The number of benzene rings is 2. The van der Waals surface area contributed by atoms with Crippen LogP contribution in [0, 0.1) is 11.6 Å². The number of rotatable bonds is 6. The molecule has 0 radical (unpaired) electrons. The molecular weight excluding hydrogens is 384 g/mol. The fourth-order valence-electron chi connectivity index (χ4n) is 2.64. The van der Waals surface area contributed by atoms with E-state index in [1.54, 1.807) is 24.3 Å². The van der Waals surface area contributed by atoms with Crippen LogP contribution in [0.15, 0.2) is 64.4 Å². The SMILES string of the molecule is CCOc1ccc(-n2ccn(CC(=O)Nc3cc(F)ccc3F)c(=O)c2=O)cc1. The monoisotopic (exact) mass is 401 g/mol. The van der Waals surface area contributed by atoms with Gasteiger partial charge in [0.05, 0.1) is 12.3 Å². The summed E-state index contributed by atoms with van der Waals surface area (Å²) in [7, 11) is 0. The minimum atomic E-state index is -0.934. The topological polar surface area (TPSA) is 82.3 Å². The summed E-state index contributed by atoms with van der Waals surface area (Å²) < 4.78 is 34.2. The summed E-state index contributed by atoms with van der Waals surface area (Å²) in [5, 5.41) is 2.17. The molecule has 3 aromatic rings. The van der Waals surface area contributed by atoms with Gasteiger partial charge >= 0.3 is 11.1 Å². The highest BCUT2D eigenvalue weighted by molar-refractivity contribution is 5.90. The summed E-state index contributed by atoms with van der Waals surface area (Å²) in [5.41, 5.74) is -1.70. The third kappa shape index (κ3) is 4.57. The van der Waals surface area contributed by atoms with Gasteiger partial charge in [-0.2, -0.15) is 0 Å². The predicted octanol–water partition coefficient (Wildman–Crippen LogP) is 2.31. The molecule has 0 atom stereocenters. The minimum Gasteiger partial charge on any atom is -0.494 e. The van der Waals surface area contributed by atoms with Crippen LogP contribution >= 0.6 is 0 Å². The van der Waals surface area contributed by atoms with Gasteiger partial charge in [-0.3, -0.25) is 23.5 Å². The van der Waals surface area contributed by atoms with E-state index in [0.29, 0.717) is 18.0 Å². The third-order valence-corrected chi connectivity index (χ3v) is 4.00. The average molecular weight is 401 g/mol. The van der Waals surface area contributed by atoms with Gasteiger partial charge in [0.1, 0.15) is 23.9 Å². The van der Waals surface area contributed by atoms with Crippen LogP contribution in [0.1, 0.15) is 6.92 Å². The van der Waals surface area contributed by atoms with Crippen LogP contribution in [-0.4, -0.2) is 21.6 Å². The summed E-state index contributed by atoms with van der Waals surface area (Å²) in [6, 6.07) is 9.17. The van der Waals surface area contributed by atoms with Crippen LogP contribution in [0.2, 0.25) is 0 Å². The lowest BCUT2D eigenvalue weighted by Crippen LogP contribution is -2.41.